The highest BCUT2D eigenvalue weighted by atomic mass is 35.5. The Bertz CT molecular complexity index is 320. The van der Waals surface area contributed by atoms with Crippen molar-refractivity contribution in [1.82, 2.24) is 5.32 Å². The third-order valence-electron chi connectivity index (χ3n) is 5.92. The molecule has 1 aliphatic carbocycles. The van der Waals surface area contributed by atoms with Crippen molar-refractivity contribution in [2.24, 2.45) is 16.6 Å². The molecule has 1 amide bonds. The van der Waals surface area contributed by atoms with Gasteiger partial charge in [-0.15, -0.1) is 12.4 Å². The standard InChI is InChI=1S/C16H32N2O2.ClH/c1-6-15(7-2,11-17)14(19)18-12-10-13(20-5)16(12,8-3)9-4;/h12-13H,6-11,17H2,1-5H3,(H,18,19);1H. The van der Waals surface area contributed by atoms with Crippen LogP contribution < -0.4 is 11.1 Å². The van der Waals surface area contributed by atoms with Gasteiger partial charge in [-0.2, -0.15) is 0 Å². The molecule has 4 nitrogen and oxygen atoms in total. The van der Waals surface area contributed by atoms with Gasteiger partial charge in [-0.05, 0) is 32.1 Å². The average Bonchev–Trinajstić information content (AvgIpc) is 2.47. The van der Waals surface area contributed by atoms with Gasteiger partial charge in [0.25, 0.3) is 0 Å². The van der Waals surface area contributed by atoms with Crippen molar-refractivity contribution >= 4 is 18.3 Å². The van der Waals surface area contributed by atoms with Crippen LogP contribution in [-0.2, 0) is 9.53 Å². The summed E-state index contributed by atoms with van der Waals surface area (Å²) in [4.78, 5) is 12.6. The number of hydrogen-bond acceptors (Lipinski definition) is 3. The summed E-state index contributed by atoms with van der Waals surface area (Å²) in [5.41, 5.74) is 5.54. The number of methoxy groups -OCH3 is 1. The van der Waals surface area contributed by atoms with E-state index in [1.54, 1.807) is 7.11 Å². The number of ether oxygens (including phenoxy) is 1. The second kappa shape index (κ2) is 8.35. The highest BCUT2D eigenvalue weighted by molar-refractivity contribution is 5.85. The molecule has 0 aromatic carbocycles. The van der Waals surface area contributed by atoms with Crippen LogP contribution >= 0.6 is 12.4 Å². The molecule has 1 rings (SSSR count). The number of amides is 1. The maximum Gasteiger partial charge on any atom is 0.227 e. The highest BCUT2D eigenvalue weighted by Crippen LogP contribution is 2.49. The molecule has 0 aromatic heterocycles. The van der Waals surface area contributed by atoms with Gasteiger partial charge in [-0.25, -0.2) is 0 Å². The van der Waals surface area contributed by atoms with E-state index in [1.807, 2.05) is 13.8 Å². The maximum atomic E-state index is 12.6. The van der Waals surface area contributed by atoms with Crippen molar-refractivity contribution in [3.8, 4) is 0 Å². The minimum absolute atomic E-state index is 0. The van der Waals surface area contributed by atoms with E-state index >= 15 is 0 Å². The van der Waals surface area contributed by atoms with Crippen LogP contribution in [0.15, 0.2) is 0 Å². The van der Waals surface area contributed by atoms with Gasteiger partial charge >= 0.3 is 0 Å². The Labute approximate surface area is 136 Å². The van der Waals surface area contributed by atoms with Crippen LogP contribution in [-0.4, -0.2) is 31.7 Å². The van der Waals surface area contributed by atoms with Crippen LogP contribution in [0.25, 0.3) is 0 Å². The lowest BCUT2D eigenvalue weighted by molar-refractivity contribution is -0.148. The average molecular weight is 321 g/mol. The lowest BCUT2D eigenvalue weighted by atomic mass is 9.58. The zero-order chi connectivity index (χ0) is 15.4. The van der Waals surface area contributed by atoms with E-state index in [4.69, 9.17) is 10.5 Å². The summed E-state index contributed by atoms with van der Waals surface area (Å²) in [5.74, 6) is 0.121. The Hall–Kier alpha value is -0.320. The van der Waals surface area contributed by atoms with Crippen LogP contribution in [0.2, 0.25) is 0 Å². The summed E-state index contributed by atoms with van der Waals surface area (Å²) in [6.45, 7) is 8.87. The predicted molar refractivity (Wildman–Crippen MR) is 89.7 cm³/mol. The van der Waals surface area contributed by atoms with Gasteiger partial charge in [0, 0.05) is 25.1 Å². The van der Waals surface area contributed by atoms with Crippen LogP contribution in [0.1, 0.15) is 59.8 Å². The number of carbonyl (C=O) groups excluding carboxylic acids is 1. The molecule has 2 atom stereocenters. The molecule has 1 fully saturated rings. The van der Waals surface area contributed by atoms with Gasteiger partial charge in [0.2, 0.25) is 5.91 Å². The number of halogens is 1. The van der Waals surface area contributed by atoms with Crippen molar-refractivity contribution < 1.29 is 9.53 Å². The zero-order valence-corrected chi connectivity index (χ0v) is 15.0. The number of hydrogen-bond donors (Lipinski definition) is 2. The molecule has 1 aliphatic rings. The third-order valence-corrected chi connectivity index (χ3v) is 5.92. The Balaban J connectivity index is 0.00000400. The minimum atomic E-state index is -0.411. The van der Waals surface area contributed by atoms with Gasteiger partial charge in [-0.3, -0.25) is 4.79 Å². The topological polar surface area (TPSA) is 64.4 Å². The summed E-state index contributed by atoms with van der Waals surface area (Å²) in [6.07, 6.45) is 4.81. The fraction of sp³-hybridized carbons (Fsp3) is 0.938. The fourth-order valence-corrected chi connectivity index (χ4v) is 3.74. The van der Waals surface area contributed by atoms with Crippen molar-refractivity contribution in [3.63, 3.8) is 0 Å². The molecule has 0 radical (unpaired) electrons. The van der Waals surface area contributed by atoms with E-state index < -0.39 is 5.41 Å². The smallest absolute Gasteiger partial charge is 0.227 e. The first-order chi connectivity index (χ1) is 9.50. The first-order valence-corrected chi connectivity index (χ1v) is 8.04. The van der Waals surface area contributed by atoms with E-state index in [0.29, 0.717) is 6.54 Å². The molecule has 0 aliphatic heterocycles. The maximum absolute atomic E-state index is 12.6. The largest absolute Gasteiger partial charge is 0.381 e. The van der Waals surface area contributed by atoms with Crippen LogP contribution in [0.4, 0.5) is 0 Å². The molecule has 2 unspecified atom stereocenters. The molecule has 0 spiro atoms. The van der Waals surface area contributed by atoms with Crippen molar-refractivity contribution in [1.29, 1.82) is 0 Å². The molecule has 0 saturated heterocycles. The highest BCUT2D eigenvalue weighted by Gasteiger charge is 2.54. The molecule has 0 aromatic rings. The minimum Gasteiger partial charge on any atom is -0.381 e. The van der Waals surface area contributed by atoms with Gasteiger partial charge in [0.05, 0.1) is 11.5 Å². The first-order valence-electron chi connectivity index (χ1n) is 8.04. The lowest BCUT2D eigenvalue weighted by Crippen LogP contribution is -2.66. The molecular formula is C16H33ClN2O2. The Kier molecular flexibility index (Phi) is 8.22. The van der Waals surface area contributed by atoms with E-state index in [1.165, 1.54) is 0 Å². The molecule has 3 N–H and O–H groups in total. The van der Waals surface area contributed by atoms with Crippen LogP contribution in [0.5, 0.6) is 0 Å². The molecule has 21 heavy (non-hydrogen) atoms. The molecule has 0 heterocycles. The van der Waals surface area contributed by atoms with E-state index in [2.05, 4.69) is 19.2 Å². The SMILES string of the molecule is CCC(CC)(CN)C(=O)NC1CC(OC)C1(CC)CC.Cl. The van der Waals surface area contributed by atoms with Gasteiger partial charge in [0.15, 0.2) is 0 Å². The first kappa shape index (κ1) is 20.7. The molecule has 5 heteroatoms. The van der Waals surface area contributed by atoms with E-state index in [9.17, 15) is 4.79 Å². The fourth-order valence-electron chi connectivity index (χ4n) is 3.74. The normalized spacial score (nSPS) is 23.9. The van der Waals surface area contributed by atoms with E-state index in [-0.39, 0.29) is 35.9 Å². The lowest BCUT2D eigenvalue weighted by Gasteiger charge is -2.55. The Morgan fingerprint density at radius 1 is 1.29 bits per heavy atom. The third kappa shape index (κ3) is 3.38. The summed E-state index contributed by atoms with van der Waals surface area (Å²) < 4.78 is 5.58. The summed E-state index contributed by atoms with van der Waals surface area (Å²) in [5, 5.41) is 3.27. The van der Waals surface area contributed by atoms with Crippen molar-refractivity contribution in [2.45, 2.75) is 71.9 Å². The molecule has 126 valence electrons. The van der Waals surface area contributed by atoms with Gasteiger partial charge < -0.3 is 15.8 Å². The van der Waals surface area contributed by atoms with Crippen LogP contribution in [0.3, 0.4) is 0 Å². The number of carbonyl (C=O) groups is 1. The second-order valence-corrected chi connectivity index (χ2v) is 6.12. The van der Waals surface area contributed by atoms with Crippen molar-refractivity contribution in [3.05, 3.63) is 0 Å². The monoisotopic (exact) mass is 320 g/mol. The summed E-state index contributed by atoms with van der Waals surface area (Å²) in [7, 11) is 1.77. The summed E-state index contributed by atoms with van der Waals surface area (Å²) >= 11 is 0. The summed E-state index contributed by atoms with van der Waals surface area (Å²) in [6, 6.07) is 0.221. The molecular weight excluding hydrogens is 288 g/mol. The molecule has 0 bridgehead atoms. The van der Waals surface area contributed by atoms with Gasteiger partial charge in [-0.1, -0.05) is 27.7 Å². The van der Waals surface area contributed by atoms with E-state index in [0.717, 1.165) is 32.1 Å². The predicted octanol–water partition coefficient (Wildman–Crippen LogP) is 2.88. The molecule has 1 saturated carbocycles. The quantitative estimate of drug-likeness (QED) is 0.722. The van der Waals surface area contributed by atoms with Crippen LogP contribution in [0, 0.1) is 10.8 Å². The Morgan fingerprint density at radius 3 is 2.14 bits per heavy atom. The van der Waals surface area contributed by atoms with Gasteiger partial charge in [0.1, 0.15) is 0 Å². The zero-order valence-electron chi connectivity index (χ0n) is 14.2. The number of rotatable bonds is 8. The number of nitrogens with one attached hydrogen (secondary N) is 1. The second-order valence-electron chi connectivity index (χ2n) is 6.12. The number of nitrogens with two attached hydrogens (primary N) is 1. The Morgan fingerprint density at radius 2 is 1.81 bits per heavy atom. The van der Waals surface area contributed by atoms with Crippen molar-refractivity contribution in [2.75, 3.05) is 13.7 Å².